The number of nitrogens with one attached hydrogen (secondary N) is 4. The van der Waals surface area contributed by atoms with Crippen LogP contribution in [0, 0.1) is 17.0 Å². The van der Waals surface area contributed by atoms with Gasteiger partial charge in [-0.15, -0.1) is 11.8 Å². The molecule has 308 valence electrons. The van der Waals surface area contributed by atoms with Gasteiger partial charge in [0.1, 0.15) is 24.3 Å². The van der Waals surface area contributed by atoms with Gasteiger partial charge in [0.15, 0.2) is 0 Å². The molecule has 57 heavy (non-hydrogen) atoms. The lowest BCUT2D eigenvalue weighted by Crippen LogP contribution is -2.51. The second-order valence-electron chi connectivity index (χ2n) is 14.6. The van der Waals surface area contributed by atoms with Crippen molar-refractivity contribution in [2.75, 3.05) is 38.5 Å². The van der Waals surface area contributed by atoms with Crippen LogP contribution in [-0.4, -0.2) is 111 Å². The van der Waals surface area contributed by atoms with Crippen LogP contribution in [0.2, 0.25) is 0 Å². The van der Waals surface area contributed by atoms with Crippen molar-refractivity contribution in [2.45, 2.75) is 63.5 Å². The van der Waals surface area contributed by atoms with E-state index in [-0.39, 0.29) is 50.3 Å². The van der Waals surface area contributed by atoms with E-state index in [1.807, 2.05) is 55.7 Å². The summed E-state index contributed by atoms with van der Waals surface area (Å²) in [5, 5.41) is 28.2. The first-order valence-corrected chi connectivity index (χ1v) is 19.3. The summed E-state index contributed by atoms with van der Waals surface area (Å²) in [6.45, 7) is 4.75. The molecule has 1 aromatic heterocycles. The normalized spacial score (nSPS) is 16.5. The van der Waals surface area contributed by atoms with Crippen LogP contribution in [-0.2, 0) is 35.3 Å². The lowest BCUT2D eigenvalue weighted by molar-refractivity contribution is -0.141. The Hall–Kier alpha value is -5.33. The zero-order valence-corrected chi connectivity index (χ0v) is 32.7. The number of rotatable bonds is 18. The van der Waals surface area contributed by atoms with Gasteiger partial charge in [0.2, 0.25) is 29.5 Å². The molecule has 4 rings (SSSR count). The van der Waals surface area contributed by atoms with E-state index in [0.717, 1.165) is 35.5 Å². The minimum absolute atomic E-state index is 0.00150. The van der Waals surface area contributed by atoms with Gasteiger partial charge < -0.3 is 46.7 Å². The fourth-order valence-corrected chi connectivity index (χ4v) is 7.53. The minimum Gasteiger partial charge on any atom is -0.480 e. The van der Waals surface area contributed by atoms with Crippen molar-refractivity contribution in [1.29, 1.82) is 0 Å². The first-order chi connectivity index (χ1) is 27.0. The Bertz CT molecular complexity index is 1920. The number of thioether (sulfide) groups is 1. The third kappa shape index (κ3) is 12.6. The molecule has 0 saturated carbocycles. The number of benzene rings is 2. The number of carboxylic acids is 1. The number of aromatic nitrogens is 1. The Morgan fingerprint density at radius 1 is 1.02 bits per heavy atom. The predicted molar refractivity (Wildman–Crippen MR) is 208 cm³/mol. The number of nitrogens with zero attached hydrogens (tertiary/aromatic N) is 2. The molecule has 1 saturated heterocycles. The van der Waals surface area contributed by atoms with E-state index in [1.165, 1.54) is 4.90 Å². The van der Waals surface area contributed by atoms with Gasteiger partial charge in [-0.2, -0.15) is 0 Å². The number of carbonyl (C=O) groups excluding carboxylic acids is 5. The lowest BCUT2D eigenvalue weighted by Gasteiger charge is -2.41. The third-order valence-corrected chi connectivity index (χ3v) is 10.5. The molecule has 3 aromatic rings. The van der Waals surface area contributed by atoms with E-state index in [9.17, 15) is 38.3 Å². The van der Waals surface area contributed by atoms with Crippen LogP contribution in [0.4, 0.5) is 8.78 Å². The first kappa shape index (κ1) is 44.4. The number of aliphatic carboxylic acids is 1. The van der Waals surface area contributed by atoms with Gasteiger partial charge in [0, 0.05) is 61.4 Å². The van der Waals surface area contributed by atoms with Gasteiger partial charge in [-0.25, -0.2) is 13.6 Å². The number of carboxylic acid groups (broad SMARTS) is 1. The van der Waals surface area contributed by atoms with Crippen molar-refractivity contribution >= 4 is 47.3 Å². The predicted octanol–water partition coefficient (Wildman–Crippen LogP) is 1.53. The molecule has 0 bridgehead atoms. The summed E-state index contributed by atoms with van der Waals surface area (Å²) < 4.78 is 31.2. The van der Waals surface area contributed by atoms with Crippen molar-refractivity contribution in [3.8, 4) is 11.1 Å². The molecule has 0 aliphatic carbocycles. The molecule has 2 heterocycles. The maximum atomic E-state index is 15.0. The van der Waals surface area contributed by atoms with Gasteiger partial charge in [-0.1, -0.05) is 51.1 Å². The van der Waals surface area contributed by atoms with E-state index in [2.05, 4.69) is 21.3 Å². The Kier molecular flexibility index (Phi) is 15.7. The first-order valence-electron chi connectivity index (χ1n) is 18.3. The van der Waals surface area contributed by atoms with Crippen molar-refractivity contribution < 1.29 is 47.8 Å². The van der Waals surface area contributed by atoms with Crippen LogP contribution in [0.25, 0.3) is 11.1 Å². The minimum atomic E-state index is -1.17. The van der Waals surface area contributed by atoms with Gasteiger partial charge in [-0.05, 0) is 41.7 Å². The van der Waals surface area contributed by atoms with Crippen LogP contribution in [0.3, 0.4) is 0 Å². The molecule has 4 atom stereocenters. The van der Waals surface area contributed by atoms with E-state index in [0.29, 0.717) is 17.8 Å². The molecule has 1 unspecified atom stereocenters. The highest BCUT2D eigenvalue weighted by Crippen LogP contribution is 2.41. The molecule has 18 heteroatoms. The number of amides is 5. The average Bonchev–Trinajstić information content (AvgIpc) is 3.57. The Labute approximate surface area is 333 Å². The van der Waals surface area contributed by atoms with Crippen molar-refractivity contribution in [3.05, 3.63) is 83.7 Å². The number of aliphatic hydroxyl groups is 1. The van der Waals surface area contributed by atoms with Gasteiger partial charge in [-0.3, -0.25) is 24.0 Å². The maximum absolute atomic E-state index is 15.0. The summed E-state index contributed by atoms with van der Waals surface area (Å²) in [5.41, 5.74) is 7.50. The van der Waals surface area contributed by atoms with Gasteiger partial charge in [0.25, 0.3) is 0 Å². The molecule has 15 nitrogen and oxygen atoms in total. The fourth-order valence-electron chi connectivity index (χ4n) is 6.39. The Morgan fingerprint density at radius 3 is 2.37 bits per heavy atom. The fraction of sp³-hybridized carbons (Fsp3) is 0.436. The standard InChI is InChI=1S/C39H49F2N7O8S/c1-39(2,3)35(30-15-24(26-16-25(40)9-10-27(26)41)20-47(30)19-23-7-5-4-6-8-23)48(34(52)21-49)14-11-28(42)36(53)44-13-12-43-33(51)18-45-32(50)17-31-37(54)46-29(22-57-31)38(55)56/h4-10,15-16,20,28-29,31,35,49H,11-14,17-19,21-22,42H2,1-3H3,(H,43,51)(H,44,53)(H,45,50)(H,46,54)(H,55,56)/t28-,29-,31?,35-/m0/s1. The third-order valence-electron chi connectivity index (χ3n) is 9.19. The highest BCUT2D eigenvalue weighted by atomic mass is 32.2. The largest absolute Gasteiger partial charge is 0.480 e. The molecule has 5 amide bonds. The molecule has 1 fully saturated rings. The number of hydrogen-bond acceptors (Lipinski definition) is 9. The molecule has 8 N–H and O–H groups in total. The summed E-state index contributed by atoms with van der Waals surface area (Å²) in [4.78, 5) is 75.5. The van der Waals surface area contributed by atoms with Gasteiger partial charge >= 0.3 is 5.97 Å². The monoisotopic (exact) mass is 813 g/mol. The summed E-state index contributed by atoms with van der Waals surface area (Å²) >= 11 is 1.04. The summed E-state index contributed by atoms with van der Waals surface area (Å²) in [6.07, 6.45) is 1.45. The van der Waals surface area contributed by atoms with E-state index in [1.54, 1.807) is 12.3 Å². The Balaban J connectivity index is 1.36. The summed E-state index contributed by atoms with van der Waals surface area (Å²) in [6, 6.07) is 11.5. The maximum Gasteiger partial charge on any atom is 0.327 e. The second kappa shape index (κ2) is 20.2. The second-order valence-corrected chi connectivity index (χ2v) is 15.9. The van der Waals surface area contributed by atoms with Crippen molar-refractivity contribution in [1.82, 2.24) is 30.7 Å². The van der Waals surface area contributed by atoms with Crippen LogP contribution >= 0.6 is 11.8 Å². The van der Waals surface area contributed by atoms with Crippen LogP contribution in [0.5, 0.6) is 0 Å². The summed E-state index contributed by atoms with van der Waals surface area (Å²) in [5.74, 6) is -5.19. The zero-order valence-electron chi connectivity index (χ0n) is 31.9. The molecular formula is C39H49F2N7O8S. The topological polar surface area (TPSA) is 225 Å². The lowest BCUT2D eigenvalue weighted by atomic mass is 9.82. The van der Waals surface area contributed by atoms with Crippen LogP contribution in [0.15, 0.2) is 60.8 Å². The highest BCUT2D eigenvalue weighted by Gasteiger charge is 2.38. The highest BCUT2D eigenvalue weighted by molar-refractivity contribution is 8.00. The van der Waals surface area contributed by atoms with E-state index >= 15 is 4.39 Å². The molecule has 2 aromatic carbocycles. The number of aliphatic hydroxyl groups excluding tert-OH is 1. The van der Waals surface area contributed by atoms with Crippen molar-refractivity contribution in [3.63, 3.8) is 0 Å². The summed E-state index contributed by atoms with van der Waals surface area (Å²) in [7, 11) is 0. The molecular weight excluding hydrogens is 765 g/mol. The molecule has 1 aliphatic heterocycles. The number of hydrogen-bond donors (Lipinski definition) is 7. The van der Waals surface area contributed by atoms with Crippen LogP contribution < -0.4 is 27.0 Å². The number of carbonyl (C=O) groups is 6. The van der Waals surface area contributed by atoms with Crippen LogP contribution in [0.1, 0.15) is 50.9 Å². The Morgan fingerprint density at radius 2 is 1.72 bits per heavy atom. The molecule has 1 aliphatic rings. The van der Waals surface area contributed by atoms with E-state index in [4.69, 9.17) is 10.8 Å². The quantitative estimate of drug-likeness (QED) is 0.0918. The van der Waals surface area contributed by atoms with E-state index < -0.39 is 82.5 Å². The number of nitrogens with two attached hydrogens (primary N) is 1. The van der Waals surface area contributed by atoms with Gasteiger partial charge in [0.05, 0.1) is 23.9 Å². The average molecular weight is 814 g/mol. The molecule has 0 spiro atoms. The molecule has 0 radical (unpaired) electrons. The number of halogens is 2. The zero-order chi connectivity index (χ0) is 41.9. The smallest absolute Gasteiger partial charge is 0.327 e. The SMILES string of the molecule is CC(C)(C)[C@H](c1cc(-c2cc(F)ccc2F)cn1Cc1ccccc1)N(CC[C@H](N)C(=O)NCCNC(=O)CNC(=O)CC1SC[C@@H](C(=O)O)NC1=O)C(=O)CO. The van der Waals surface area contributed by atoms with Crippen molar-refractivity contribution in [2.24, 2.45) is 11.1 Å².